The van der Waals surface area contributed by atoms with Gasteiger partial charge in [-0.15, -0.1) is 0 Å². The van der Waals surface area contributed by atoms with Gasteiger partial charge in [0.1, 0.15) is 11.6 Å². The van der Waals surface area contributed by atoms with Crippen LogP contribution < -0.4 is 5.73 Å². The molecule has 1 aromatic carbocycles. The van der Waals surface area contributed by atoms with Crippen molar-refractivity contribution in [1.82, 2.24) is 4.90 Å². The third-order valence-corrected chi connectivity index (χ3v) is 3.33. The van der Waals surface area contributed by atoms with E-state index in [9.17, 15) is 4.79 Å². The van der Waals surface area contributed by atoms with Crippen LogP contribution in [-0.2, 0) is 4.74 Å². The first-order valence-electron chi connectivity index (χ1n) is 7.37. The second-order valence-electron chi connectivity index (χ2n) is 6.46. The van der Waals surface area contributed by atoms with Crippen LogP contribution in [0.4, 0.5) is 4.79 Å². The zero-order chi connectivity index (χ0) is 16.3. The van der Waals surface area contributed by atoms with Gasteiger partial charge in [0.15, 0.2) is 5.84 Å². The van der Waals surface area contributed by atoms with E-state index in [1.807, 2.05) is 51.1 Å². The first-order chi connectivity index (χ1) is 10.3. The van der Waals surface area contributed by atoms with E-state index in [4.69, 9.17) is 15.7 Å². The third kappa shape index (κ3) is 3.90. The molecule has 1 amide bonds. The van der Waals surface area contributed by atoms with Gasteiger partial charge in [0.2, 0.25) is 0 Å². The number of rotatable bonds is 4. The second-order valence-corrected chi connectivity index (χ2v) is 6.46. The van der Waals surface area contributed by atoms with Gasteiger partial charge < -0.3 is 15.7 Å². The van der Waals surface area contributed by atoms with Gasteiger partial charge in [-0.2, -0.15) is 0 Å². The molecule has 0 aliphatic heterocycles. The lowest BCUT2D eigenvalue weighted by Gasteiger charge is -2.33. The molecule has 120 valence electrons. The molecule has 0 aromatic heterocycles. The number of ether oxygens (including phenoxy) is 1. The van der Waals surface area contributed by atoms with Gasteiger partial charge >= 0.3 is 6.09 Å². The smallest absolute Gasteiger partial charge is 0.411 e. The fourth-order valence-electron chi connectivity index (χ4n) is 2.30. The summed E-state index contributed by atoms with van der Waals surface area (Å²) < 4.78 is 5.49. The third-order valence-electron chi connectivity index (χ3n) is 3.33. The fraction of sp³-hybridized carbons (Fsp3) is 0.500. The van der Waals surface area contributed by atoms with Crippen LogP contribution in [0.2, 0.25) is 0 Å². The minimum Gasteiger partial charge on any atom is -0.444 e. The Morgan fingerprint density at radius 1 is 1.36 bits per heavy atom. The van der Waals surface area contributed by atoms with E-state index in [1.54, 1.807) is 4.90 Å². The highest BCUT2D eigenvalue weighted by molar-refractivity contribution is 5.90. The lowest BCUT2D eigenvalue weighted by Crippen LogP contribution is -2.45. The Kier molecular flexibility index (Phi) is 4.59. The lowest BCUT2D eigenvalue weighted by molar-refractivity contribution is 0.0190. The van der Waals surface area contributed by atoms with Crippen molar-refractivity contribution in [3.63, 3.8) is 0 Å². The first kappa shape index (κ1) is 16.1. The van der Waals surface area contributed by atoms with Gasteiger partial charge in [0.25, 0.3) is 0 Å². The van der Waals surface area contributed by atoms with Crippen LogP contribution in [0.25, 0.3) is 0 Å². The van der Waals surface area contributed by atoms with E-state index < -0.39 is 17.7 Å². The molecule has 1 saturated carbocycles. The van der Waals surface area contributed by atoms with Crippen molar-refractivity contribution in [3.05, 3.63) is 35.9 Å². The minimum atomic E-state index is -0.631. The number of oxime groups is 1. The SMILES string of the molecule is CC(C)(C)OC(=O)N(C1CC1)[C@@H](C(N)=NO)c1ccccc1. The molecule has 3 N–H and O–H groups in total. The van der Waals surface area contributed by atoms with Crippen LogP contribution in [-0.4, -0.2) is 33.7 Å². The quantitative estimate of drug-likeness (QED) is 0.387. The lowest BCUT2D eigenvalue weighted by atomic mass is 10.0. The number of carbonyl (C=O) groups excluding carboxylic acids is 1. The van der Waals surface area contributed by atoms with Gasteiger partial charge in [-0.05, 0) is 39.2 Å². The molecule has 1 aliphatic rings. The Morgan fingerprint density at radius 2 is 1.95 bits per heavy atom. The van der Waals surface area contributed by atoms with E-state index in [2.05, 4.69) is 5.16 Å². The molecule has 0 unspecified atom stereocenters. The van der Waals surface area contributed by atoms with Crippen LogP contribution >= 0.6 is 0 Å². The number of hydrogen-bond donors (Lipinski definition) is 2. The summed E-state index contributed by atoms with van der Waals surface area (Å²) in [6.45, 7) is 5.45. The highest BCUT2D eigenvalue weighted by Crippen LogP contribution is 2.36. The minimum absolute atomic E-state index is 0.0241. The Balaban J connectivity index is 2.36. The largest absolute Gasteiger partial charge is 0.444 e. The standard InChI is InChI=1S/C16H23N3O3/c1-16(2,3)22-15(20)19(12-9-10-12)13(14(17)18-21)11-7-5-4-6-8-11/h4-8,12-13,21H,9-10H2,1-3H3,(H2,17,18)/t13-/m1/s1. The van der Waals surface area contributed by atoms with Crippen molar-refractivity contribution < 1.29 is 14.7 Å². The summed E-state index contributed by atoms with van der Waals surface area (Å²) >= 11 is 0. The van der Waals surface area contributed by atoms with E-state index in [0.29, 0.717) is 0 Å². The summed E-state index contributed by atoms with van der Waals surface area (Å²) in [7, 11) is 0. The zero-order valence-corrected chi connectivity index (χ0v) is 13.2. The summed E-state index contributed by atoms with van der Waals surface area (Å²) in [4.78, 5) is 14.2. The second kappa shape index (κ2) is 6.25. The van der Waals surface area contributed by atoms with Crippen LogP contribution in [0.15, 0.2) is 35.5 Å². The van der Waals surface area contributed by atoms with Crippen molar-refractivity contribution in [2.24, 2.45) is 10.9 Å². The molecule has 1 fully saturated rings. The highest BCUT2D eigenvalue weighted by Gasteiger charge is 2.42. The van der Waals surface area contributed by atoms with Gasteiger partial charge in [-0.25, -0.2) is 4.79 Å². The van der Waals surface area contributed by atoms with Crippen molar-refractivity contribution in [2.45, 2.75) is 51.3 Å². The van der Waals surface area contributed by atoms with Crippen molar-refractivity contribution in [1.29, 1.82) is 0 Å². The van der Waals surface area contributed by atoms with Crippen LogP contribution in [0.1, 0.15) is 45.2 Å². The van der Waals surface area contributed by atoms with E-state index in [-0.39, 0.29) is 11.9 Å². The van der Waals surface area contributed by atoms with Gasteiger partial charge in [0.05, 0.1) is 0 Å². The molecule has 22 heavy (non-hydrogen) atoms. The topological polar surface area (TPSA) is 88.2 Å². The summed E-state index contributed by atoms with van der Waals surface area (Å²) in [5, 5.41) is 12.2. The van der Waals surface area contributed by atoms with E-state index in [1.165, 1.54) is 0 Å². The predicted octanol–water partition coefficient (Wildman–Crippen LogP) is 2.87. The van der Waals surface area contributed by atoms with Crippen LogP contribution in [0.3, 0.4) is 0 Å². The van der Waals surface area contributed by atoms with Gasteiger partial charge in [0, 0.05) is 6.04 Å². The molecule has 6 nitrogen and oxygen atoms in total. The molecule has 0 saturated heterocycles. The zero-order valence-electron chi connectivity index (χ0n) is 13.2. The number of nitrogens with two attached hydrogens (primary N) is 1. The summed E-state index contributed by atoms with van der Waals surface area (Å²) in [5.74, 6) is -0.0241. The number of amidine groups is 1. The van der Waals surface area contributed by atoms with Crippen LogP contribution in [0, 0.1) is 0 Å². The average Bonchev–Trinajstić information content (AvgIpc) is 3.27. The Hall–Kier alpha value is -2.24. The number of benzene rings is 1. The number of hydrogen-bond acceptors (Lipinski definition) is 4. The monoisotopic (exact) mass is 305 g/mol. The molecule has 6 heteroatoms. The van der Waals surface area contributed by atoms with Crippen molar-refractivity contribution in [2.75, 3.05) is 0 Å². The molecule has 0 radical (unpaired) electrons. The Bertz CT molecular complexity index is 548. The molecule has 1 aliphatic carbocycles. The number of nitrogens with zero attached hydrogens (tertiary/aromatic N) is 2. The van der Waals surface area contributed by atoms with Crippen LogP contribution in [0.5, 0.6) is 0 Å². The maximum Gasteiger partial charge on any atom is 0.411 e. The summed E-state index contributed by atoms with van der Waals surface area (Å²) in [5.41, 5.74) is 6.05. The molecular formula is C16H23N3O3. The average molecular weight is 305 g/mol. The van der Waals surface area contributed by atoms with Crippen molar-refractivity contribution >= 4 is 11.9 Å². The molecule has 0 spiro atoms. The molecule has 2 rings (SSSR count). The molecule has 1 atom stereocenters. The molecule has 0 bridgehead atoms. The Morgan fingerprint density at radius 3 is 2.41 bits per heavy atom. The predicted molar refractivity (Wildman–Crippen MR) is 83.7 cm³/mol. The molecule has 1 aromatic rings. The van der Waals surface area contributed by atoms with Gasteiger partial charge in [-0.1, -0.05) is 35.5 Å². The normalized spacial score (nSPS) is 17.0. The maximum atomic E-state index is 12.6. The number of carbonyl (C=O) groups is 1. The Labute approximate surface area is 130 Å². The molecular weight excluding hydrogens is 282 g/mol. The van der Waals surface area contributed by atoms with Gasteiger partial charge in [-0.3, -0.25) is 4.90 Å². The highest BCUT2D eigenvalue weighted by atomic mass is 16.6. The summed E-state index contributed by atoms with van der Waals surface area (Å²) in [6, 6.07) is 8.71. The fourth-order valence-corrected chi connectivity index (χ4v) is 2.30. The first-order valence-corrected chi connectivity index (χ1v) is 7.37. The maximum absolute atomic E-state index is 12.6. The molecule has 0 heterocycles. The van der Waals surface area contributed by atoms with E-state index >= 15 is 0 Å². The van der Waals surface area contributed by atoms with E-state index in [0.717, 1.165) is 18.4 Å². The van der Waals surface area contributed by atoms with Crippen molar-refractivity contribution in [3.8, 4) is 0 Å². The summed E-state index contributed by atoms with van der Waals surface area (Å²) in [6.07, 6.45) is 1.33. The number of amides is 1.